The summed E-state index contributed by atoms with van der Waals surface area (Å²) in [6.45, 7) is 8.72. The Morgan fingerprint density at radius 1 is 1.03 bits per heavy atom. The predicted octanol–water partition coefficient (Wildman–Crippen LogP) is 6.28. The van der Waals surface area contributed by atoms with E-state index in [2.05, 4.69) is 6.07 Å². The number of carbonyl (C=O) groups excluding carboxylic acids is 2. The summed E-state index contributed by atoms with van der Waals surface area (Å²) in [4.78, 5) is 28.4. The lowest BCUT2D eigenvalue weighted by Gasteiger charge is -2.26. The topological polar surface area (TPSA) is 99.9 Å². The van der Waals surface area contributed by atoms with Gasteiger partial charge in [0.2, 0.25) is 0 Å². The highest BCUT2D eigenvalue weighted by atomic mass is 16.5. The second-order valence-corrected chi connectivity index (χ2v) is 10.4. The van der Waals surface area contributed by atoms with E-state index in [1.165, 1.54) is 12.0 Å². The molecule has 0 saturated carbocycles. The Kier molecular flexibility index (Phi) is 7.78. The van der Waals surface area contributed by atoms with Crippen LogP contribution in [-0.4, -0.2) is 30.5 Å². The summed E-state index contributed by atoms with van der Waals surface area (Å²) in [5.74, 6) is -0.855. The van der Waals surface area contributed by atoms with Gasteiger partial charge in [-0.2, -0.15) is 5.26 Å². The standard InChI is InChI=1S/C32H32N2O5/c1-6-17-39-24-14-9-21(10-15-24)28-27(29(35)25-18-22(32(2,3)4)11-16-26(25)38-5)30(36)31(37)34(28)23-12-7-20(19-33)8-13-23/h7-16,18,28,35H,6,17H2,1-5H3/b29-27+. The maximum atomic E-state index is 13.6. The summed E-state index contributed by atoms with van der Waals surface area (Å²) in [5.41, 5.74) is 2.46. The first kappa shape index (κ1) is 27.5. The van der Waals surface area contributed by atoms with Gasteiger partial charge in [0, 0.05) is 5.69 Å². The number of ether oxygens (including phenoxy) is 2. The number of carbonyl (C=O) groups is 2. The second kappa shape index (κ2) is 11.0. The number of hydrogen-bond donors (Lipinski definition) is 1. The molecule has 3 aromatic carbocycles. The maximum Gasteiger partial charge on any atom is 0.300 e. The number of nitriles is 1. The SMILES string of the molecule is CCCOc1ccc(C2/C(=C(\O)c3cc(C(C)(C)C)ccc3OC)C(=O)C(=O)N2c2ccc(C#N)cc2)cc1. The molecule has 200 valence electrons. The minimum absolute atomic E-state index is 0.0454. The van der Waals surface area contributed by atoms with Crippen molar-refractivity contribution in [2.24, 2.45) is 0 Å². The van der Waals surface area contributed by atoms with E-state index < -0.39 is 17.7 Å². The van der Waals surface area contributed by atoms with Crippen molar-refractivity contribution in [1.29, 1.82) is 5.26 Å². The minimum Gasteiger partial charge on any atom is -0.507 e. The third-order valence-corrected chi connectivity index (χ3v) is 6.71. The molecule has 1 N–H and O–H groups in total. The molecule has 3 aromatic rings. The Bertz CT molecular complexity index is 1460. The molecule has 1 heterocycles. The molecule has 39 heavy (non-hydrogen) atoms. The zero-order valence-corrected chi connectivity index (χ0v) is 22.8. The molecule has 7 heteroatoms. The van der Waals surface area contributed by atoms with Crippen molar-refractivity contribution >= 4 is 23.1 Å². The zero-order valence-electron chi connectivity index (χ0n) is 22.8. The third-order valence-electron chi connectivity index (χ3n) is 6.71. The molecule has 1 unspecified atom stereocenters. The molecule has 0 radical (unpaired) electrons. The van der Waals surface area contributed by atoms with E-state index in [0.29, 0.717) is 40.5 Å². The number of ketones is 1. The van der Waals surface area contributed by atoms with Crippen LogP contribution in [0.3, 0.4) is 0 Å². The molecular weight excluding hydrogens is 492 g/mol. The molecule has 1 aliphatic heterocycles. The van der Waals surface area contributed by atoms with Crippen LogP contribution in [0.15, 0.2) is 72.3 Å². The predicted molar refractivity (Wildman–Crippen MR) is 150 cm³/mol. The number of aliphatic hydroxyl groups is 1. The summed E-state index contributed by atoms with van der Waals surface area (Å²) >= 11 is 0. The fraction of sp³-hybridized carbons (Fsp3) is 0.281. The first-order valence-corrected chi connectivity index (χ1v) is 12.8. The molecule has 0 bridgehead atoms. The van der Waals surface area contributed by atoms with Crippen LogP contribution in [0.5, 0.6) is 11.5 Å². The first-order chi connectivity index (χ1) is 18.6. The van der Waals surface area contributed by atoms with E-state index in [4.69, 9.17) is 9.47 Å². The van der Waals surface area contributed by atoms with Crippen molar-refractivity contribution in [2.45, 2.75) is 45.6 Å². The van der Waals surface area contributed by atoms with Gasteiger partial charge in [0.1, 0.15) is 17.3 Å². The average Bonchev–Trinajstić information content (AvgIpc) is 3.20. The second-order valence-electron chi connectivity index (χ2n) is 10.4. The summed E-state index contributed by atoms with van der Waals surface area (Å²) < 4.78 is 11.3. The Hall–Kier alpha value is -4.57. The summed E-state index contributed by atoms with van der Waals surface area (Å²) in [5, 5.41) is 20.9. The highest BCUT2D eigenvalue weighted by molar-refractivity contribution is 6.51. The number of hydrogen-bond acceptors (Lipinski definition) is 6. The lowest BCUT2D eigenvalue weighted by atomic mass is 9.85. The van der Waals surface area contributed by atoms with Crippen LogP contribution >= 0.6 is 0 Å². The number of rotatable bonds is 7. The van der Waals surface area contributed by atoms with Gasteiger partial charge in [0.25, 0.3) is 11.7 Å². The lowest BCUT2D eigenvalue weighted by Crippen LogP contribution is -2.29. The van der Waals surface area contributed by atoms with E-state index in [1.807, 2.05) is 33.8 Å². The molecule has 4 rings (SSSR count). The van der Waals surface area contributed by atoms with Crippen molar-refractivity contribution in [2.75, 3.05) is 18.6 Å². The van der Waals surface area contributed by atoms with Gasteiger partial charge in [0.05, 0.1) is 42.5 Å². The Morgan fingerprint density at radius 3 is 2.26 bits per heavy atom. The Balaban J connectivity index is 1.94. The molecule has 0 aliphatic carbocycles. The van der Waals surface area contributed by atoms with E-state index in [1.54, 1.807) is 60.7 Å². The molecule has 0 aromatic heterocycles. The molecule has 1 atom stereocenters. The molecule has 7 nitrogen and oxygen atoms in total. The van der Waals surface area contributed by atoms with Gasteiger partial charge < -0.3 is 14.6 Å². The molecule has 1 saturated heterocycles. The molecule has 1 aliphatic rings. The number of anilines is 1. The summed E-state index contributed by atoms with van der Waals surface area (Å²) in [7, 11) is 1.49. The van der Waals surface area contributed by atoms with Gasteiger partial charge >= 0.3 is 0 Å². The van der Waals surface area contributed by atoms with E-state index in [-0.39, 0.29) is 16.7 Å². The van der Waals surface area contributed by atoms with Crippen LogP contribution < -0.4 is 14.4 Å². The number of nitrogens with zero attached hydrogens (tertiary/aromatic N) is 2. The fourth-order valence-electron chi connectivity index (χ4n) is 4.58. The number of methoxy groups -OCH3 is 1. The molecule has 1 fully saturated rings. The Morgan fingerprint density at radius 2 is 1.69 bits per heavy atom. The molecule has 0 spiro atoms. The largest absolute Gasteiger partial charge is 0.507 e. The monoisotopic (exact) mass is 524 g/mol. The minimum atomic E-state index is -0.916. The van der Waals surface area contributed by atoms with Gasteiger partial charge in [-0.25, -0.2) is 0 Å². The van der Waals surface area contributed by atoms with Gasteiger partial charge in [-0.15, -0.1) is 0 Å². The van der Waals surface area contributed by atoms with E-state index >= 15 is 0 Å². The maximum absolute atomic E-state index is 13.6. The van der Waals surface area contributed by atoms with Gasteiger partial charge in [-0.3, -0.25) is 14.5 Å². The van der Waals surface area contributed by atoms with Crippen molar-refractivity contribution in [3.63, 3.8) is 0 Å². The van der Waals surface area contributed by atoms with Crippen LogP contribution in [-0.2, 0) is 15.0 Å². The quantitative estimate of drug-likeness (QED) is 0.222. The summed E-state index contributed by atoms with van der Waals surface area (Å²) in [6, 6.07) is 20.2. The fourth-order valence-corrected chi connectivity index (χ4v) is 4.58. The smallest absolute Gasteiger partial charge is 0.300 e. The average molecular weight is 525 g/mol. The van der Waals surface area contributed by atoms with Gasteiger partial charge in [-0.1, -0.05) is 45.9 Å². The summed E-state index contributed by atoms with van der Waals surface area (Å²) in [6.07, 6.45) is 0.857. The van der Waals surface area contributed by atoms with Crippen molar-refractivity contribution in [3.05, 3.63) is 94.6 Å². The van der Waals surface area contributed by atoms with Crippen molar-refractivity contribution in [1.82, 2.24) is 0 Å². The van der Waals surface area contributed by atoms with Crippen LogP contribution in [0.25, 0.3) is 5.76 Å². The number of amides is 1. The number of benzene rings is 3. The normalized spacial score (nSPS) is 16.7. The van der Waals surface area contributed by atoms with Crippen LogP contribution in [0.2, 0.25) is 0 Å². The van der Waals surface area contributed by atoms with Gasteiger partial charge in [0.15, 0.2) is 0 Å². The van der Waals surface area contributed by atoms with Crippen LogP contribution in [0, 0.1) is 11.3 Å². The Labute approximate surface area is 228 Å². The highest BCUT2D eigenvalue weighted by Crippen LogP contribution is 2.44. The number of aliphatic hydroxyl groups excluding tert-OH is 1. The third kappa shape index (κ3) is 5.37. The van der Waals surface area contributed by atoms with Crippen molar-refractivity contribution in [3.8, 4) is 17.6 Å². The lowest BCUT2D eigenvalue weighted by molar-refractivity contribution is -0.132. The first-order valence-electron chi connectivity index (χ1n) is 12.8. The molecular formula is C32H32N2O5. The van der Waals surface area contributed by atoms with E-state index in [9.17, 15) is 20.0 Å². The highest BCUT2D eigenvalue weighted by Gasteiger charge is 2.47. The van der Waals surface area contributed by atoms with Gasteiger partial charge in [-0.05, 0) is 71.5 Å². The van der Waals surface area contributed by atoms with Crippen LogP contribution in [0.4, 0.5) is 5.69 Å². The number of Topliss-reactive ketones (excluding diaryl/α,β-unsaturated/α-hetero) is 1. The van der Waals surface area contributed by atoms with Crippen molar-refractivity contribution < 1.29 is 24.2 Å². The van der Waals surface area contributed by atoms with E-state index in [0.717, 1.165) is 12.0 Å². The molecule has 1 amide bonds. The van der Waals surface area contributed by atoms with Crippen LogP contribution in [0.1, 0.15) is 62.4 Å². The zero-order chi connectivity index (χ0) is 28.3.